The van der Waals surface area contributed by atoms with Crippen molar-refractivity contribution < 1.29 is 9.53 Å². The van der Waals surface area contributed by atoms with Gasteiger partial charge in [-0.05, 0) is 37.0 Å². The van der Waals surface area contributed by atoms with Gasteiger partial charge in [0.1, 0.15) is 0 Å². The lowest BCUT2D eigenvalue weighted by Gasteiger charge is -2.28. The zero-order chi connectivity index (χ0) is 19.8. The van der Waals surface area contributed by atoms with Crippen molar-refractivity contribution in [2.45, 2.75) is 26.9 Å². The van der Waals surface area contributed by atoms with Crippen LogP contribution < -0.4 is 10.6 Å². The number of carbonyl (C=O) groups excluding carboxylic acids is 1. The van der Waals surface area contributed by atoms with Gasteiger partial charge in [0.15, 0.2) is 5.96 Å². The molecule has 3 N–H and O–H groups in total. The molecule has 2 aromatic carbocycles. The molecule has 0 atom stereocenters. The predicted octanol–water partition coefficient (Wildman–Crippen LogP) is 3.66. The lowest BCUT2D eigenvalue weighted by Crippen LogP contribution is -2.48. The third kappa shape index (κ3) is 5.56. The van der Waals surface area contributed by atoms with E-state index in [1.54, 1.807) is 11.9 Å². The number of hydrogen-bond acceptors (Lipinski definition) is 3. The van der Waals surface area contributed by atoms with Crippen LogP contribution in [-0.2, 0) is 11.3 Å². The van der Waals surface area contributed by atoms with Crippen molar-refractivity contribution in [1.82, 2.24) is 4.90 Å². The number of para-hydroxylation sites is 1. The molecule has 0 unspecified atom stereocenters. The molecule has 0 spiro atoms. The summed E-state index contributed by atoms with van der Waals surface area (Å²) in [4.78, 5) is 15.7. The summed E-state index contributed by atoms with van der Waals surface area (Å²) in [6, 6.07) is 15.5. The Morgan fingerprint density at radius 2 is 1.70 bits per heavy atom. The molecule has 0 aliphatic heterocycles. The van der Waals surface area contributed by atoms with Gasteiger partial charge in [-0.15, -0.1) is 0 Å². The molecule has 0 radical (unpaired) electrons. The topological polar surface area (TPSA) is 82.7 Å². The van der Waals surface area contributed by atoms with Crippen LogP contribution in [0.25, 0.3) is 0 Å². The number of guanidine groups is 1. The zero-order valence-corrected chi connectivity index (χ0v) is 16.2. The van der Waals surface area contributed by atoms with Crippen molar-refractivity contribution in [3.05, 3.63) is 65.2 Å². The maximum atomic E-state index is 12.9. The first-order valence-electron chi connectivity index (χ1n) is 8.99. The Morgan fingerprint density at radius 3 is 2.30 bits per heavy atom. The second-order valence-corrected chi connectivity index (χ2v) is 6.51. The molecule has 2 aromatic rings. The van der Waals surface area contributed by atoms with Gasteiger partial charge in [0.2, 0.25) is 0 Å². The molecule has 6 heteroatoms. The smallest absolute Gasteiger partial charge is 0.331 e. The summed E-state index contributed by atoms with van der Waals surface area (Å²) in [5, 5.41) is 7.78. The fourth-order valence-corrected chi connectivity index (χ4v) is 3.02. The summed E-state index contributed by atoms with van der Waals surface area (Å²) in [6.45, 7) is 5.26. The molecule has 0 fully saturated rings. The van der Waals surface area contributed by atoms with Gasteiger partial charge in [0.25, 0.3) is 0 Å². The monoisotopic (exact) mass is 368 g/mol. The number of urea groups is 1. The Balaban J connectivity index is 1.92. The van der Waals surface area contributed by atoms with E-state index in [-0.39, 0.29) is 12.0 Å². The lowest BCUT2D eigenvalue weighted by atomic mass is 10.1. The molecule has 0 aromatic heterocycles. The number of nitrogens with two attached hydrogens (primary N) is 1. The summed E-state index contributed by atoms with van der Waals surface area (Å²) in [7, 11) is 1.71. The average molecular weight is 368 g/mol. The number of nitrogens with zero attached hydrogens (tertiary/aromatic N) is 2. The number of hydrogen-bond donors (Lipinski definition) is 2. The molecule has 0 saturated carbocycles. The summed E-state index contributed by atoms with van der Waals surface area (Å²) in [5.41, 5.74) is 9.60. The fraction of sp³-hybridized carbons (Fsp3) is 0.333. The maximum Gasteiger partial charge on any atom is 0.331 e. The molecule has 144 valence electrons. The maximum absolute atomic E-state index is 12.9. The number of ether oxygens (including phenoxy) is 1. The Morgan fingerprint density at radius 1 is 1.07 bits per heavy atom. The number of rotatable bonds is 7. The highest BCUT2D eigenvalue weighted by Crippen LogP contribution is 2.24. The van der Waals surface area contributed by atoms with Crippen LogP contribution in [-0.4, -0.2) is 37.1 Å². The quantitative estimate of drug-likeness (QED) is 0.444. The van der Waals surface area contributed by atoms with E-state index < -0.39 is 0 Å². The van der Waals surface area contributed by atoms with Crippen molar-refractivity contribution >= 4 is 17.7 Å². The molecule has 0 aliphatic rings. The molecule has 0 aliphatic carbocycles. The Hall–Kier alpha value is -2.86. The second-order valence-electron chi connectivity index (χ2n) is 6.51. The van der Waals surface area contributed by atoms with Crippen LogP contribution in [0.2, 0.25) is 0 Å². The van der Waals surface area contributed by atoms with Crippen molar-refractivity contribution in [1.29, 1.82) is 5.41 Å². The number of nitrogens with one attached hydrogen (secondary N) is 1. The average Bonchev–Trinajstić information content (AvgIpc) is 2.64. The minimum Gasteiger partial charge on any atom is -0.377 e. The van der Waals surface area contributed by atoms with Crippen LogP contribution in [0, 0.1) is 19.3 Å². The summed E-state index contributed by atoms with van der Waals surface area (Å²) < 4.78 is 5.65. The van der Waals surface area contributed by atoms with Crippen LogP contribution in [0.5, 0.6) is 0 Å². The largest absolute Gasteiger partial charge is 0.377 e. The number of amides is 2. The predicted molar refractivity (Wildman–Crippen MR) is 109 cm³/mol. The normalized spacial score (nSPS) is 10.5. The molecule has 27 heavy (non-hydrogen) atoms. The standard InChI is InChI=1S/C21H28N4O2/c1-16-9-7-10-17(2)19(16)24(3)21(26)25(20(22)23)13-8-14-27-15-18-11-5-4-6-12-18/h4-7,9-12H,8,13-15H2,1-3H3,(H3,22,23). The van der Waals surface area contributed by atoms with Crippen molar-refractivity contribution in [3.8, 4) is 0 Å². The first kappa shape index (κ1) is 20.5. The molecular formula is C21H28N4O2. The third-order valence-electron chi connectivity index (χ3n) is 4.37. The molecule has 0 saturated heterocycles. The SMILES string of the molecule is Cc1cccc(C)c1N(C)C(=O)N(CCCOCc1ccccc1)C(=N)N. The van der Waals surface area contributed by atoms with Gasteiger partial charge < -0.3 is 10.5 Å². The van der Waals surface area contributed by atoms with Crippen LogP contribution in [0.3, 0.4) is 0 Å². The Bertz CT molecular complexity index is 757. The van der Waals surface area contributed by atoms with Gasteiger partial charge in [-0.3, -0.25) is 15.2 Å². The van der Waals surface area contributed by atoms with Crippen molar-refractivity contribution in [2.24, 2.45) is 5.73 Å². The van der Waals surface area contributed by atoms with Gasteiger partial charge >= 0.3 is 6.03 Å². The van der Waals surface area contributed by atoms with E-state index in [1.165, 1.54) is 4.90 Å². The molecule has 6 nitrogen and oxygen atoms in total. The van der Waals surface area contributed by atoms with Crippen molar-refractivity contribution in [3.63, 3.8) is 0 Å². The van der Waals surface area contributed by atoms with E-state index >= 15 is 0 Å². The first-order chi connectivity index (χ1) is 12.9. The van der Waals surface area contributed by atoms with Crippen LogP contribution in [0.15, 0.2) is 48.5 Å². The Labute approximate surface area is 161 Å². The number of aryl methyl sites for hydroxylation is 2. The highest BCUT2D eigenvalue weighted by molar-refractivity contribution is 6.02. The van der Waals surface area contributed by atoms with Gasteiger partial charge in [0, 0.05) is 20.2 Å². The zero-order valence-electron chi connectivity index (χ0n) is 16.2. The summed E-state index contributed by atoms with van der Waals surface area (Å²) in [6.07, 6.45) is 0.596. The van der Waals surface area contributed by atoms with E-state index in [0.717, 1.165) is 22.4 Å². The highest BCUT2D eigenvalue weighted by Gasteiger charge is 2.23. The lowest BCUT2D eigenvalue weighted by molar-refractivity contribution is 0.115. The molecule has 0 bridgehead atoms. The highest BCUT2D eigenvalue weighted by atomic mass is 16.5. The second kappa shape index (κ2) is 9.73. The van der Waals surface area contributed by atoms with E-state index in [0.29, 0.717) is 26.2 Å². The van der Waals surface area contributed by atoms with Crippen molar-refractivity contribution in [2.75, 3.05) is 25.1 Å². The van der Waals surface area contributed by atoms with E-state index in [2.05, 4.69) is 0 Å². The number of benzene rings is 2. The number of anilines is 1. The van der Waals surface area contributed by atoms with Gasteiger partial charge in [-0.25, -0.2) is 4.79 Å². The van der Waals surface area contributed by atoms with Gasteiger partial charge in [-0.1, -0.05) is 48.5 Å². The van der Waals surface area contributed by atoms with Gasteiger partial charge in [-0.2, -0.15) is 0 Å². The fourth-order valence-electron chi connectivity index (χ4n) is 3.02. The van der Waals surface area contributed by atoms with E-state index in [1.807, 2.05) is 62.4 Å². The molecule has 2 amide bonds. The minimum atomic E-state index is -0.317. The number of carbonyl (C=O) groups is 1. The van der Waals surface area contributed by atoms with E-state index in [4.69, 9.17) is 15.9 Å². The minimum absolute atomic E-state index is 0.263. The van der Waals surface area contributed by atoms with Crippen LogP contribution in [0.4, 0.5) is 10.5 Å². The summed E-state index contributed by atoms with van der Waals surface area (Å²) >= 11 is 0. The Kier molecular flexibility index (Phi) is 7.37. The third-order valence-corrected chi connectivity index (χ3v) is 4.37. The van der Waals surface area contributed by atoms with Crippen LogP contribution in [0.1, 0.15) is 23.1 Å². The molecule has 0 heterocycles. The van der Waals surface area contributed by atoms with Crippen LogP contribution >= 0.6 is 0 Å². The molecular weight excluding hydrogens is 340 g/mol. The first-order valence-corrected chi connectivity index (χ1v) is 8.99. The van der Waals surface area contributed by atoms with E-state index in [9.17, 15) is 4.79 Å². The van der Waals surface area contributed by atoms with Gasteiger partial charge in [0.05, 0.1) is 12.3 Å². The molecule has 2 rings (SSSR count). The summed E-state index contributed by atoms with van der Waals surface area (Å²) in [5.74, 6) is -0.263.